The molecule has 184 valence electrons. The van der Waals surface area contributed by atoms with E-state index in [-0.39, 0.29) is 23.2 Å². The van der Waals surface area contributed by atoms with E-state index in [4.69, 9.17) is 4.74 Å². The van der Waals surface area contributed by atoms with Gasteiger partial charge in [-0.05, 0) is 82.5 Å². The van der Waals surface area contributed by atoms with Gasteiger partial charge in [-0.25, -0.2) is 4.79 Å². The molecule has 1 saturated heterocycles. The Morgan fingerprint density at radius 2 is 1.65 bits per heavy atom. The van der Waals surface area contributed by atoms with Crippen molar-refractivity contribution in [2.24, 2.45) is 5.92 Å². The third-order valence-electron chi connectivity index (χ3n) is 5.52. The summed E-state index contributed by atoms with van der Waals surface area (Å²) in [6.45, 7) is 7.42. The highest BCUT2D eigenvalue weighted by atomic mass is 19.4. The van der Waals surface area contributed by atoms with Gasteiger partial charge in [-0.1, -0.05) is 18.2 Å². The number of amides is 2. The summed E-state index contributed by atoms with van der Waals surface area (Å²) in [4.78, 5) is 25.0. The molecule has 34 heavy (non-hydrogen) atoms. The van der Waals surface area contributed by atoms with Gasteiger partial charge in [0.05, 0.1) is 11.5 Å². The van der Waals surface area contributed by atoms with Crippen molar-refractivity contribution in [3.8, 4) is 0 Å². The highest BCUT2D eigenvalue weighted by Gasteiger charge is 2.34. The van der Waals surface area contributed by atoms with Gasteiger partial charge in [0.15, 0.2) is 0 Å². The second-order valence-electron chi connectivity index (χ2n) is 9.45. The molecule has 2 aromatic rings. The van der Waals surface area contributed by atoms with Crippen LogP contribution in [-0.2, 0) is 15.7 Å². The molecule has 0 aromatic heterocycles. The number of carbonyl (C=O) groups excluding carboxylic acids is 2. The predicted molar refractivity (Wildman–Crippen MR) is 125 cm³/mol. The molecule has 3 N–H and O–H groups in total. The van der Waals surface area contributed by atoms with E-state index < -0.39 is 29.4 Å². The van der Waals surface area contributed by atoms with E-state index in [0.29, 0.717) is 12.1 Å². The molecular weight excluding hydrogens is 447 g/mol. The molecule has 0 aliphatic carbocycles. The largest absolute Gasteiger partial charge is 0.444 e. The zero-order valence-corrected chi connectivity index (χ0v) is 19.7. The Labute approximate surface area is 197 Å². The van der Waals surface area contributed by atoms with Crippen molar-refractivity contribution in [2.75, 3.05) is 17.2 Å². The lowest BCUT2D eigenvalue weighted by molar-refractivity contribution is -0.138. The van der Waals surface area contributed by atoms with Crippen LogP contribution in [0.5, 0.6) is 0 Å². The van der Waals surface area contributed by atoms with E-state index in [1.165, 1.54) is 19.1 Å². The Morgan fingerprint density at radius 1 is 1.00 bits per heavy atom. The summed E-state index contributed by atoms with van der Waals surface area (Å²) in [6.07, 6.45) is -3.69. The normalized spacial score (nSPS) is 18.8. The summed E-state index contributed by atoms with van der Waals surface area (Å²) < 4.78 is 45.0. The van der Waals surface area contributed by atoms with Crippen LogP contribution in [0.15, 0.2) is 42.5 Å². The van der Waals surface area contributed by atoms with Gasteiger partial charge in [-0.3, -0.25) is 10.1 Å². The number of anilines is 2. The summed E-state index contributed by atoms with van der Waals surface area (Å²) in [5.74, 6) is -0.806. The van der Waals surface area contributed by atoms with Crippen LogP contribution in [0.2, 0.25) is 0 Å². The van der Waals surface area contributed by atoms with Gasteiger partial charge in [0.25, 0.3) is 0 Å². The van der Waals surface area contributed by atoms with Crippen molar-refractivity contribution >= 4 is 23.4 Å². The molecule has 1 unspecified atom stereocenters. The number of halogens is 3. The number of rotatable bonds is 4. The van der Waals surface area contributed by atoms with Crippen LogP contribution in [0, 0.1) is 12.8 Å². The maximum Gasteiger partial charge on any atom is 0.416 e. The average molecular weight is 478 g/mol. The topological polar surface area (TPSA) is 79.5 Å². The Kier molecular flexibility index (Phi) is 7.55. The van der Waals surface area contributed by atoms with Crippen LogP contribution < -0.4 is 16.0 Å². The SMILES string of the molecule is Cc1ccc(NC(=O)[C@H]2CCCNC2c2ccc(NC(=O)OC(C)(C)C)cc2)cc1C(F)(F)F. The zero-order valence-electron chi connectivity index (χ0n) is 19.7. The highest BCUT2D eigenvalue weighted by molar-refractivity contribution is 5.93. The van der Waals surface area contributed by atoms with Gasteiger partial charge in [0.1, 0.15) is 5.60 Å². The third kappa shape index (κ3) is 6.72. The lowest BCUT2D eigenvalue weighted by Gasteiger charge is -2.32. The van der Waals surface area contributed by atoms with Crippen molar-refractivity contribution in [1.29, 1.82) is 0 Å². The number of alkyl halides is 3. The summed E-state index contributed by atoms with van der Waals surface area (Å²) in [6, 6.07) is 10.6. The van der Waals surface area contributed by atoms with Gasteiger partial charge in [-0.15, -0.1) is 0 Å². The van der Waals surface area contributed by atoms with E-state index in [9.17, 15) is 22.8 Å². The van der Waals surface area contributed by atoms with Crippen LogP contribution in [-0.4, -0.2) is 24.1 Å². The first-order valence-electron chi connectivity index (χ1n) is 11.2. The molecule has 0 bridgehead atoms. The average Bonchev–Trinajstić information content (AvgIpc) is 2.73. The van der Waals surface area contributed by atoms with Gasteiger partial charge in [-0.2, -0.15) is 13.2 Å². The second-order valence-corrected chi connectivity index (χ2v) is 9.45. The smallest absolute Gasteiger partial charge is 0.416 e. The molecule has 2 atom stereocenters. The van der Waals surface area contributed by atoms with E-state index in [1.54, 1.807) is 32.9 Å². The molecule has 2 amide bonds. The molecule has 0 spiro atoms. The molecule has 1 aliphatic rings. The monoisotopic (exact) mass is 477 g/mol. The van der Waals surface area contributed by atoms with Gasteiger partial charge >= 0.3 is 12.3 Å². The zero-order chi connectivity index (χ0) is 25.1. The predicted octanol–water partition coefficient (Wildman–Crippen LogP) is 6.04. The molecule has 1 fully saturated rings. The molecule has 3 rings (SSSR count). The standard InChI is InChI=1S/C25H30F3N3O3/c1-15-7-10-18(14-20(15)25(26,27)28)30-22(32)19-6-5-13-29-21(19)16-8-11-17(12-9-16)31-23(33)34-24(2,3)4/h7-12,14,19,21,29H,5-6,13H2,1-4H3,(H,30,32)(H,31,33)/t19-,21?/m0/s1. The number of piperidine rings is 1. The molecule has 0 radical (unpaired) electrons. The number of hydrogen-bond acceptors (Lipinski definition) is 4. The fourth-order valence-corrected chi connectivity index (χ4v) is 3.96. The minimum Gasteiger partial charge on any atom is -0.444 e. The number of nitrogens with one attached hydrogen (secondary N) is 3. The summed E-state index contributed by atoms with van der Waals surface area (Å²) >= 11 is 0. The molecule has 2 aromatic carbocycles. The molecular formula is C25H30F3N3O3. The molecule has 0 saturated carbocycles. The van der Waals surface area contributed by atoms with E-state index in [1.807, 2.05) is 12.1 Å². The van der Waals surface area contributed by atoms with Gasteiger partial charge in [0.2, 0.25) is 5.91 Å². The summed E-state index contributed by atoms with van der Waals surface area (Å²) in [7, 11) is 0. The van der Waals surface area contributed by atoms with E-state index in [2.05, 4.69) is 16.0 Å². The maximum atomic E-state index is 13.2. The molecule has 6 nitrogen and oxygen atoms in total. The van der Waals surface area contributed by atoms with Crippen LogP contribution in [0.4, 0.5) is 29.3 Å². The van der Waals surface area contributed by atoms with E-state index >= 15 is 0 Å². The Balaban J connectivity index is 1.72. The lowest BCUT2D eigenvalue weighted by Crippen LogP contribution is -2.40. The van der Waals surface area contributed by atoms with Crippen molar-refractivity contribution in [2.45, 2.75) is 58.4 Å². The number of benzene rings is 2. The first-order valence-corrected chi connectivity index (χ1v) is 11.2. The van der Waals surface area contributed by atoms with Crippen LogP contribution >= 0.6 is 0 Å². The Morgan fingerprint density at radius 3 is 2.26 bits per heavy atom. The van der Waals surface area contributed by atoms with Crippen molar-refractivity contribution in [3.63, 3.8) is 0 Å². The fraction of sp³-hybridized carbons (Fsp3) is 0.440. The number of aryl methyl sites for hydroxylation is 1. The van der Waals surface area contributed by atoms with Gasteiger partial charge < -0.3 is 15.4 Å². The van der Waals surface area contributed by atoms with Crippen LogP contribution in [0.25, 0.3) is 0 Å². The molecule has 9 heteroatoms. The van der Waals surface area contributed by atoms with Crippen molar-refractivity contribution < 1.29 is 27.5 Å². The fourth-order valence-electron chi connectivity index (χ4n) is 3.96. The van der Waals surface area contributed by atoms with Crippen molar-refractivity contribution in [3.05, 3.63) is 59.2 Å². The molecule has 1 aliphatic heterocycles. The highest BCUT2D eigenvalue weighted by Crippen LogP contribution is 2.35. The lowest BCUT2D eigenvalue weighted by atomic mass is 9.85. The maximum absolute atomic E-state index is 13.2. The van der Waals surface area contributed by atoms with Crippen LogP contribution in [0.1, 0.15) is 56.3 Å². The second kappa shape index (κ2) is 10.0. The number of hydrogen-bond donors (Lipinski definition) is 3. The Hall–Kier alpha value is -3.07. The summed E-state index contributed by atoms with van der Waals surface area (Å²) in [5.41, 5.74) is 0.224. The minimum absolute atomic E-state index is 0.0998. The quantitative estimate of drug-likeness (QED) is 0.502. The van der Waals surface area contributed by atoms with Crippen LogP contribution in [0.3, 0.4) is 0 Å². The van der Waals surface area contributed by atoms with E-state index in [0.717, 1.165) is 24.6 Å². The third-order valence-corrected chi connectivity index (χ3v) is 5.52. The first kappa shape index (κ1) is 25.6. The first-order chi connectivity index (χ1) is 15.8. The van der Waals surface area contributed by atoms with Gasteiger partial charge in [0, 0.05) is 17.4 Å². The number of ether oxygens (including phenoxy) is 1. The number of carbonyl (C=O) groups is 2. The van der Waals surface area contributed by atoms with Crippen molar-refractivity contribution in [1.82, 2.24) is 5.32 Å². The Bertz CT molecular complexity index is 1030. The minimum atomic E-state index is -4.49. The summed E-state index contributed by atoms with van der Waals surface area (Å²) in [5, 5.41) is 8.66. The molecule has 1 heterocycles.